The Morgan fingerprint density at radius 1 is 1.11 bits per heavy atom. The molecule has 0 unspecified atom stereocenters. The van der Waals surface area contributed by atoms with Gasteiger partial charge in [-0.2, -0.15) is 4.31 Å². The summed E-state index contributed by atoms with van der Waals surface area (Å²) < 4.78 is 38.4. The number of primary amides is 1. The van der Waals surface area contributed by atoms with Crippen LogP contribution in [-0.4, -0.2) is 74.1 Å². The fourth-order valence-corrected chi connectivity index (χ4v) is 5.42. The van der Waals surface area contributed by atoms with Gasteiger partial charge in [0.15, 0.2) is 0 Å². The van der Waals surface area contributed by atoms with Crippen LogP contribution in [0.4, 0.5) is 9.59 Å². The van der Waals surface area contributed by atoms with Crippen LogP contribution < -0.4 is 15.8 Å². The second-order valence-corrected chi connectivity index (χ2v) is 11.3. The van der Waals surface area contributed by atoms with E-state index in [0.29, 0.717) is 12.2 Å². The van der Waals surface area contributed by atoms with Crippen LogP contribution in [0, 0.1) is 5.41 Å². The molecule has 11 nitrogen and oxygen atoms in total. The van der Waals surface area contributed by atoms with Crippen molar-refractivity contribution < 1.29 is 37.7 Å². The maximum Gasteiger partial charge on any atom is 0.404 e. The Morgan fingerprint density at radius 2 is 1.73 bits per heavy atom. The Morgan fingerprint density at radius 3 is 2.27 bits per heavy atom. The van der Waals surface area contributed by atoms with Crippen LogP contribution in [0.1, 0.15) is 25.8 Å². The van der Waals surface area contributed by atoms with Gasteiger partial charge in [0.25, 0.3) is 0 Å². The summed E-state index contributed by atoms with van der Waals surface area (Å²) in [6.45, 7) is 3.13. The minimum Gasteiger partial charge on any atom is -0.497 e. The molecule has 2 atom stereocenters. The lowest BCUT2D eigenvalue weighted by Crippen LogP contribution is -2.51. The van der Waals surface area contributed by atoms with Crippen molar-refractivity contribution in [1.82, 2.24) is 9.62 Å². The third-order valence-corrected chi connectivity index (χ3v) is 7.61. The van der Waals surface area contributed by atoms with Crippen molar-refractivity contribution in [2.75, 3.05) is 26.8 Å². The molecule has 2 amide bonds. The van der Waals surface area contributed by atoms with E-state index in [4.69, 9.17) is 15.2 Å². The van der Waals surface area contributed by atoms with Crippen molar-refractivity contribution in [2.45, 2.75) is 43.7 Å². The van der Waals surface area contributed by atoms with Gasteiger partial charge in [0.1, 0.15) is 5.75 Å². The van der Waals surface area contributed by atoms with Crippen LogP contribution in [0.2, 0.25) is 0 Å². The summed E-state index contributed by atoms with van der Waals surface area (Å²) in [6, 6.07) is 13.8. The Kier molecular flexibility index (Phi) is 10.7. The molecular weight excluding hydrogens is 502 g/mol. The fraction of sp³-hybridized carbons (Fsp3) is 0.440. The molecule has 12 heteroatoms. The molecule has 0 aliphatic rings. The Hall–Kier alpha value is -3.35. The van der Waals surface area contributed by atoms with Crippen molar-refractivity contribution in [3.63, 3.8) is 0 Å². The van der Waals surface area contributed by atoms with Crippen molar-refractivity contribution in [3.05, 3.63) is 60.2 Å². The van der Waals surface area contributed by atoms with Crippen LogP contribution >= 0.6 is 0 Å². The smallest absolute Gasteiger partial charge is 0.404 e. The molecule has 0 aromatic heterocycles. The number of aliphatic hydroxyl groups is 1. The molecule has 0 saturated carbocycles. The summed E-state index contributed by atoms with van der Waals surface area (Å²) >= 11 is 0. The van der Waals surface area contributed by atoms with Crippen LogP contribution in [0.15, 0.2) is 59.5 Å². The number of methoxy groups -OCH3 is 1. The lowest BCUT2D eigenvalue weighted by atomic mass is 9.89. The van der Waals surface area contributed by atoms with Gasteiger partial charge in [0.2, 0.25) is 10.0 Å². The highest BCUT2D eigenvalue weighted by Crippen LogP contribution is 2.27. The highest BCUT2D eigenvalue weighted by molar-refractivity contribution is 7.89. The second kappa shape index (κ2) is 13.3. The number of ether oxygens (including phenoxy) is 2. The highest BCUT2D eigenvalue weighted by atomic mass is 32.2. The Bertz CT molecular complexity index is 1120. The predicted octanol–water partition coefficient (Wildman–Crippen LogP) is 2.44. The van der Waals surface area contributed by atoms with Crippen LogP contribution in [-0.2, 0) is 21.2 Å². The molecule has 0 aliphatic heterocycles. The number of nitrogens with two attached hydrogens (primary N) is 1. The second-order valence-electron chi connectivity index (χ2n) is 9.37. The largest absolute Gasteiger partial charge is 0.497 e. The molecule has 0 fully saturated rings. The molecule has 0 spiro atoms. The van der Waals surface area contributed by atoms with Gasteiger partial charge in [-0.25, -0.2) is 18.0 Å². The number of benzene rings is 2. The molecule has 2 rings (SSSR count). The van der Waals surface area contributed by atoms with E-state index in [0.717, 1.165) is 9.87 Å². The predicted molar refractivity (Wildman–Crippen MR) is 137 cm³/mol. The maximum absolute atomic E-state index is 13.7. The van der Waals surface area contributed by atoms with E-state index >= 15 is 0 Å². The minimum absolute atomic E-state index is 0.0154. The summed E-state index contributed by atoms with van der Waals surface area (Å²) in [5, 5.41) is 22.7. The molecule has 0 aliphatic carbocycles. The number of carbonyl (C=O) groups excluding carboxylic acids is 1. The van der Waals surface area contributed by atoms with E-state index in [-0.39, 0.29) is 31.0 Å². The van der Waals surface area contributed by atoms with Gasteiger partial charge >= 0.3 is 12.2 Å². The number of hydrogen-bond donors (Lipinski definition) is 4. The average Bonchev–Trinajstić information content (AvgIpc) is 2.83. The van der Waals surface area contributed by atoms with Crippen molar-refractivity contribution in [2.24, 2.45) is 11.1 Å². The summed E-state index contributed by atoms with van der Waals surface area (Å²) in [6.07, 6.45) is -3.20. The van der Waals surface area contributed by atoms with Gasteiger partial charge < -0.3 is 30.7 Å². The van der Waals surface area contributed by atoms with Crippen LogP contribution in [0.3, 0.4) is 0 Å². The zero-order valence-electron chi connectivity index (χ0n) is 21.2. The van der Waals surface area contributed by atoms with Crippen molar-refractivity contribution in [3.8, 4) is 5.75 Å². The van der Waals surface area contributed by atoms with Crippen LogP contribution in [0.5, 0.6) is 5.75 Å². The monoisotopic (exact) mass is 537 g/mol. The molecule has 0 heterocycles. The number of nitrogens with zero attached hydrogens (tertiary/aromatic N) is 1. The van der Waals surface area contributed by atoms with E-state index < -0.39 is 39.8 Å². The zero-order chi connectivity index (χ0) is 27.6. The molecule has 5 N–H and O–H groups in total. The first-order chi connectivity index (χ1) is 17.3. The first-order valence-corrected chi connectivity index (χ1v) is 13.1. The summed E-state index contributed by atoms with van der Waals surface area (Å²) in [5.74, 6) is 0.475. The van der Waals surface area contributed by atoms with Gasteiger partial charge in [-0.1, -0.05) is 44.2 Å². The Balaban J connectivity index is 2.35. The lowest BCUT2D eigenvalue weighted by Gasteiger charge is -2.34. The van der Waals surface area contributed by atoms with E-state index in [2.05, 4.69) is 5.32 Å². The van der Waals surface area contributed by atoms with E-state index in [1.807, 2.05) is 6.07 Å². The first kappa shape index (κ1) is 29.9. The molecule has 0 saturated heterocycles. The quantitative estimate of drug-likeness (QED) is 0.285. The van der Waals surface area contributed by atoms with E-state index in [1.54, 1.807) is 38.1 Å². The highest BCUT2D eigenvalue weighted by Gasteiger charge is 2.34. The topological polar surface area (TPSA) is 168 Å². The molecule has 2 aromatic carbocycles. The standard InChI is InChI=1S/C25H35N3O8S/c1-25(2,13-14-36-23(26)30)17-28(37(33,34)20-11-9-19(35-3)10-12-20)16-22(29)21(27-24(31)32)15-18-7-5-4-6-8-18/h4-12,21-22,27,29H,13-17H2,1-3H3,(H2,26,30)(H,31,32)/t21-,22+/m0/s1. The third-order valence-electron chi connectivity index (χ3n) is 5.79. The van der Waals surface area contributed by atoms with Crippen molar-refractivity contribution >= 4 is 22.2 Å². The Labute approximate surface area is 217 Å². The van der Waals surface area contributed by atoms with E-state index in [9.17, 15) is 28.2 Å². The minimum atomic E-state index is -4.12. The van der Waals surface area contributed by atoms with Gasteiger partial charge in [-0.15, -0.1) is 0 Å². The van der Waals surface area contributed by atoms with E-state index in [1.165, 1.54) is 31.4 Å². The third kappa shape index (κ3) is 9.56. The number of carboxylic acid groups (broad SMARTS) is 1. The lowest BCUT2D eigenvalue weighted by molar-refractivity contribution is 0.0854. The van der Waals surface area contributed by atoms with Gasteiger partial charge in [0.05, 0.1) is 30.8 Å². The molecule has 37 heavy (non-hydrogen) atoms. The van der Waals surface area contributed by atoms with Gasteiger partial charge in [0, 0.05) is 13.1 Å². The number of nitrogens with one attached hydrogen (secondary N) is 1. The summed E-state index contributed by atoms with van der Waals surface area (Å²) in [5.41, 5.74) is 5.11. The van der Waals surface area contributed by atoms with Gasteiger partial charge in [-0.3, -0.25) is 0 Å². The van der Waals surface area contributed by atoms with Crippen molar-refractivity contribution in [1.29, 1.82) is 0 Å². The molecule has 0 bridgehead atoms. The van der Waals surface area contributed by atoms with Gasteiger partial charge in [-0.05, 0) is 48.1 Å². The summed E-state index contributed by atoms with van der Waals surface area (Å²) in [4.78, 5) is 22.4. The number of aliphatic hydroxyl groups excluding tert-OH is 1. The number of rotatable bonds is 14. The fourth-order valence-electron chi connectivity index (χ4n) is 3.77. The summed E-state index contributed by atoms with van der Waals surface area (Å²) in [7, 11) is -2.66. The molecule has 2 aromatic rings. The first-order valence-electron chi connectivity index (χ1n) is 11.6. The number of carbonyl (C=O) groups is 2. The number of amides is 2. The average molecular weight is 538 g/mol. The number of hydrogen-bond acceptors (Lipinski definition) is 7. The normalized spacial score (nSPS) is 13.5. The maximum atomic E-state index is 13.7. The zero-order valence-corrected chi connectivity index (χ0v) is 22.0. The molecule has 0 radical (unpaired) electrons. The molecular formula is C25H35N3O8S. The SMILES string of the molecule is COc1ccc(S(=O)(=O)N(C[C@@H](O)[C@H](Cc2ccccc2)NC(=O)O)CC(C)(C)CCOC(N)=O)cc1. The van der Waals surface area contributed by atoms with Crippen LogP contribution in [0.25, 0.3) is 0 Å². The number of sulfonamides is 1. The molecule has 204 valence electrons.